The van der Waals surface area contributed by atoms with E-state index in [1.54, 1.807) is 12.3 Å². The molecule has 1 unspecified atom stereocenters. The van der Waals surface area contributed by atoms with Crippen LogP contribution in [0, 0.1) is 0 Å². The minimum Gasteiger partial charge on any atom is -0.506 e. The molecule has 2 N–H and O–H groups in total. The average molecular weight is 480 g/mol. The Morgan fingerprint density at radius 2 is 1.97 bits per heavy atom. The van der Waals surface area contributed by atoms with E-state index in [1.165, 1.54) is 18.2 Å². The summed E-state index contributed by atoms with van der Waals surface area (Å²) in [5, 5.41) is 15.4. The lowest BCUT2D eigenvalue weighted by Crippen LogP contribution is -2.44. The molecule has 1 aliphatic rings. The fourth-order valence-electron chi connectivity index (χ4n) is 4.10. The van der Waals surface area contributed by atoms with E-state index in [2.05, 4.69) is 17.5 Å². The lowest BCUT2D eigenvalue weighted by Gasteiger charge is -2.33. The molecule has 0 spiro atoms. The van der Waals surface area contributed by atoms with Crippen molar-refractivity contribution in [3.8, 4) is 11.5 Å². The van der Waals surface area contributed by atoms with Crippen LogP contribution in [0.15, 0.2) is 59.7 Å². The van der Waals surface area contributed by atoms with Gasteiger partial charge in [-0.15, -0.1) is 0 Å². The summed E-state index contributed by atoms with van der Waals surface area (Å²) in [5.41, 5.74) is 3.52. The number of rotatable bonds is 6. The molecule has 0 aliphatic carbocycles. The smallest absolute Gasteiger partial charge is 0.271 e. The number of hydrogen-bond donors (Lipinski definition) is 2. The van der Waals surface area contributed by atoms with Crippen LogP contribution < -0.4 is 10.2 Å². The largest absolute Gasteiger partial charge is 0.506 e. The molecule has 0 bridgehead atoms. The molecule has 4 rings (SSSR count). The first-order valence-corrected chi connectivity index (χ1v) is 11.6. The van der Waals surface area contributed by atoms with Gasteiger partial charge >= 0.3 is 0 Å². The van der Waals surface area contributed by atoms with Gasteiger partial charge in [0.05, 0.1) is 11.2 Å². The van der Waals surface area contributed by atoms with Crippen molar-refractivity contribution in [1.29, 1.82) is 0 Å². The van der Waals surface area contributed by atoms with Crippen LogP contribution >= 0.6 is 11.6 Å². The highest BCUT2D eigenvalue weighted by molar-refractivity contribution is 6.32. The number of benzene rings is 3. The predicted octanol–water partition coefficient (Wildman–Crippen LogP) is 4.74. The Hall–Kier alpha value is -3.58. The number of halogens is 1. The van der Waals surface area contributed by atoms with E-state index in [-0.39, 0.29) is 34.9 Å². The average Bonchev–Trinajstić information content (AvgIpc) is 2.85. The Labute approximate surface area is 203 Å². The lowest BCUT2D eigenvalue weighted by atomic mass is 10.0. The van der Waals surface area contributed by atoms with Gasteiger partial charge in [0, 0.05) is 29.1 Å². The van der Waals surface area contributed by atoms with E-state index in [0.29, 0.717) is 5.75 Å². The normalized spacial score (nSPS) is 16.1. The van der Waals surface area contributed by atoms with Gasteiger partial charge in [0.25, 0.3) is 11.8 Å². The number of phenols is 1. The number of aromatic hydroxyl groups is 1. The Morgan fingerprint density at radius 1 is 1.18 bits per heavy atom. The third kappa shape index (κ3) is 5.31. The Morgan fingerprint density at radius 3 is 2.74 bits per heavy atom. The molecule has 1 atom stereocenters. The minimum absolute atomic E-state index is 0.000957. The summed E-state index contributed by atoms with van der Waals surface area (Å²) in [6, 6.07) is 15.7. The molecule has 0 radical (unpaired) electrons. The highest BCUT2D eigenvalue weighted by Crippen LogP contribution is 2.28. The molecule has 1 saturated heterocycles. The molecule has 34 heavy (non-hydrogen) atoms. The SMILES string of the molecule is CC1CCCCN1C(=O)COc1ccc(/C=N/NC(=O)c2ccc(O)c(Cl)c2)c2ccccc12. The van der Waals surface area contributed by atoms with Crippen molar-refractivity contribution in [2.45, 2.75) is 32.2 Å². The monoisotopic (exact) mass is 479 g/mol. The van der Waals surface area contributed by atoms with Crippen LogP contribution in [-0.4, -0.2) is 47.2 Å². The molecule has 8 heteroatoms. The summed E-state index contributed by atoms with van der Waals surface area (Å²) in [5.74, 6) is 0.0722. The Bertz CT molecular complexity index is 1240. The number of hydrazone groups is 1. The van der Waals surface area contributed by atoms with Gasteiger partial charge < -0.3 is 14.7 Å². The van der Waals surface area contributed by atoms with Gasteiger partial charge in [-0.05, 0) is 61.9 Å². The fourth-order valence-corrected chi connectivity index (χ4v) is 4.28. The summed E-state index contributed by atoms with van der Waals surface area (Å²) < 4.78 is 5.92. The fraction of sp³-hybridized carbons (Fsp3) is 0.269. The maximum absolute atomic E-state index is 12.7. The molecular weight excluding hydrogens is 454 g/mol. The number of carbonyl (C=O) groups is 2. The zero-order valence-corrected chi connectivity index (χ0v) is 19.6. The van der Waals surface area contributed by atoms with Crippen molar-refractivity contribution in [1.82, 2.24) is 10.3 Å². The van der Waals surface area contributed by atoms with E-state index < -0.39 is 5.91 Å². The van der Waals surface area contributed by atoms with E-state index in [0.717, 1.165) is 42.1 Å². The first-order chi connectivity index (χ1) is 16.4. The summed E-state index contributed by atoms with van der Waals surface area (Å²) in [4.78, 5) is 26.9. The highest BCUT2D eigenvalue weighted by atomic mass is 35.5. The summed E-state index contributed by atoms with van der Waals surface area (Å²) in [6.45, 7) is 2.85. The summed E-state index contributed by atoms with van der Waals surface area (Å²) >= 11 is 5.86. The summed E-state index contributed by atoms with van der Waals surface area (Å²) in [6.07, 6.45) is 4.76. The van der Waals surface area contributed by atoms with Crippen molar-refractivity contribution in [2.75, 3.05) is 13.2 Å². The van der Waals surface area contributed by atoms with Gasteiger partial charge in [-0.25, -0.2) is 5.43 Å². The molecule has 1 heterocycles. The van der Waals surface area contributed by atoms with E-state index >= 15 is 0 Å². The van der Waals surface area contributed by atoms with E-state index in [1.807, 2.05) is 35.2 Å². The number of carbonyl (C=O) groups excluding carboxylic acids is 2. The Balaban J connectivity index is 1.46. The predicted molar refractivity (Wildman–Crippen MR) is 133 cm³/mol. The van der Waals surface area contributed by atoms with E-state index in [4.69, 9.17) is 16.3 Å². The van der Waals surface area contributed by atoms with Crippen LogP contribution in [0.25, 0.3) is 10.8 Å². The van der Waals surface area contributed by atoms with Crippen molar-refractivity contribution in [2.24, 2.45) is 5.10 Å². The first kappa shape index (κ1) is 23.6. The second kappa shape index (κ2) is 10.6. The van der Waals surface area contributed by atoms with Crippen molar-refractivity contribution in [3.05, 3.63) is 70.7 Å². The number of nitrogens with zero attached hydrogens (tertiary/aromatic N) is 2. The molecule has 7 nitrogen and oxygen atoms in total. The number of piperidine rings is 1. The van der Waals surface area contributed by atoms with Gasteiger partial charge in [0.2, 0.25) is 0 Å². The maximum atomic E-state index is 12.7. The standard InChI is InChI=1S/C26H26ClN3O4/c1-17-6-4-5-13-30(17)25(32)16-34-24-12-10-19(20-7-2-3-8-21(20)24)15-28-29-26(33)18-9-11-23(31)22(27)14-18/h2-3,7-12,14-15,17,31H,4-6,13,16H2,1H3,(H,29,33)/b28-15+. The second-order valence-electron chi connectivity index (χ2n) is 8.28. The molecule has 2 amide bonds. The maximum Gasteiger partial charge on any atom is 0.271 e. The van der Waals surface area contributed by atoms with Gasteiger partial charge in [-0.2, -0.15) is 5.10 Å². The number of nitrogens with one attached hydrogen (secondary N) is 1. The van der Waals surface area contributed by atoms with Crippen molar-refractivity contribution < 1.29 is 19.4 Å². The molecule has 0 aromatic heterocycles. The number of phenolic OH excluding ortho intramolecular Hbond substituents is 1. The van der Waals surface area contributed by atoms with Crippen LogP contribution in [0.5, 0.6) is 11.5 Å². The van der Waals surface area contributed by atoms with Crippen LogP contribution in [0.3, 0.4) is 0 Å². The number of likely N-dealkylation sites (tertiary alicyclic amines) is 1. The van der Waals surface area contributed by atoms with Crippen LogP contribution in [-0.2, 0) is 4.79 Å². The van der Waals surface area contributed by atoms with Crippen LogP contribution in [0.4, 0.5) is 0 Å². The molecule has 3 aromatic carbocycles. The lowest BCUT2D eigenvalue weighted by molar-refractivity contribution is -0.136. The second-order valence-corrected chi connectivity index (χ2v) is 8.69. The third-order valence-corrected chi connectivity index (χ3v) is 6.27. The van der Waals surface area contributed by atoms with Crippen molar-refractivity contribution >= 4 is 40.4 Å². The topological polar surface area (TPSA) is 91.2 Å². The quantitative estimate of drug-likeness (QED) is 0.394. The zero-order chi connectivity index (χ0) is 24.1. The van der Waals surface area contributed by atoms with Gasteiger partial charge in [-0.3, -0.25) is 9.59 Å². The molecule has 3 aromatic rings. The van der Waals surface area contributed by atoms with Gasteiger partial charge in [-0.1, -0.05) is 35.9 Å². The first-order valence-electron chi connectivity index (χ1n) is 11.2. The van der Waals surface area contributed by atoms with E-state index in [9.17, 15) is 14.7 Å². The number of ether oxygens (including phenoxy) is 1. The van der Waals surface area contributed by atoms with Crippen LogP contribution in [0.2, 0.25) is 5.02 Å². The number of hydrogen-bond acceptors (Lipinski definition) is 5. The molecule has 1 fully saturated rings. The number of fused-ring (bicyclic) bond motifs is 1. The minimum atomic E-state index is -0.451. The zero-order valence-electron chi connectivity index (χ0n) is 18.8. The molecular formula is C26H26ClN3O4. The van der Waals surface area contributed by atoms with Gasteiger partial charge in [0.15, 0.2) is 6.61 Å². The molecule has 1 aliphatic heterocycles. The molecule has 0 saturated carbocycles. The molecule has 176 valence electrons. The Kier molecular flexibility index (Phi) is 7.33. The third-order valence-electron chi connectivity index (χ3n) is 5.97. The highest BCUT2D eigenvalue weighted by Gasteiger charge is 2.23. The number of amides is 2. The van der Waals surface area contributed by atoms with Crippen molar-refractivity contribution in [3.63, 3.8) is 0 Å². The van der Waals surface area contributed by atoms with Crippen LogP contribution in [0.1, 0.15) is 42.1 Å². The summed E-state index contributed by atoms with van der Waals surface area (Å²) in [7, 11) is 0. The van der Waals surface area contributed by atoms with Gasteiger partial charge in [0.1, 0.15) is 11.5 Å².